The predicted octanol–water partition coefficient (Wildman–Crippen LogP) is 2.16. The summed E-state index contributed by atoms with van der Waals surface area (Å²) in [6.45, 7) is 2.81. The highest BCUT2D eigenvalue weighted by atomic mass is 35.5. The number of fused-ring (bicyclic) bond motifs is 1. The first-order chi connectivity index (χ1) is 9.72. The summed E-state index contributed by atoms with van der Waals surface area (Å²) in [5.74, 6) is 1.01. The minimum absolute atomic E-state index is 0.690. The van der Waals surface area contributed by atoms with E-state index in [2.05, 4.69) is 19.4 Å². The zero-order valence-corrected chi connectivity index (χ0v) is 12.3. The molecule has 0 unspecified atom stereocenters. The summed E-state index contributed by atoms with van der Waals surface area (Å²) in [7, 11) is 1.96. The fourth-order valence-corrected chi connectivity index (χ4v) is 3.11. The zero-order valence-electron chi connectivity index (χ0n) is 11.6. The van der Waals surface area contributed by atoms with Gasteiger partial charge in [0.15, 0.2) is 0 Å². The van der Waals surface area contributed by atoms with E-state index in [1.54, 1.807) is 6.20 Å². The van der Waals surface area contributed by atoms with Gasteiger partial charge in [-0.25, -0.2) is 9.97 Å². The Labute approximate surface area is 123 Å². The van der Waals surface area contributed by atoms with Crippen molar-refractivity contribution in [1.82, 2.24) is 24.0 Å². The molecule has 0 amide bonds. The molecule has 106 valence electrons. The molecule has 0 spiro atoms. The average Bonchev–Trinajstić information content (AvgIpc) is 3.14. The summed E-state index contributed by atoms with van der Waals surface area (Å²) in [6.07, 6.45) is 7.47. The quantitative estimate of drug-likeness (QED) is 0.870. The van der Waals surface area contributed by atoms with Crippen LogP contribution in [-0.4, -0.2) is 30.5 Å². The molecule has 2 aromatic rings. The minimum Gasteiger partial charge on any atom is -0.331 e. The van der Waals surface area contributed by atoms with Crippen LogP contribution in [-0.2, 0) is 26.6 Å². The first-order valence-electron chi connectivity index (χ1n) is 7.15. The molecule has 2 aliphatic rings. The molecule has 1 aliphatic heterocycles. The van der Waals surface area contributed by atoms with E-state index in [9.17, 15) is 0 Å². The highest BCUT2D eigenvalue weighted by Gasteiger charge is 2.29. The Kier molecular flexibility index (Phi) is 2.86. The van der Waals surface area contributed by atoms with Gasteiger partial charge in [-0.3, -0.25) is 4.90 Å². The van der Waals surface area contributed by atoms with Crippen molar-refractivity contribution in [3.63, 3.8) is 0 Å². The highest BCUT2D eigenvalue weighted by molar-refractivity contribution is 6.29. The van der Waals surface area contributed by atoms with Gasteiger partial charge in [0.25, 0.3) is 0 Å². The number of hydrogen-bond donors (Lipinski definition) is 0. The lowest BCUT2D eigenvalue weighted by atomic mass is 10.1. The number of aromatic nitrogens is 4. The van der Waals surface area contributed by atoms with Gasteiger partial charge in [-0.2, -0.15) is 0 Å². The van der Waals surface area contributed by atoms with Crippen LogP contribution in [0.2, 0.25) is 5.15 Å². The molecule has 6 heteroatoms. The Morgan fingerprint density at radius 2 is 2.20 bits per heavy atom. The lowest BCUT2D eigenvalue weighted by molar-refractivity contribution is 0.231. The van der Waals surface area contributed by atoms with Gasteiger partial charge in [-0.15, -0.1) is 0 Å². The summed E-state index contributed by atoms with van der Waals surface area (Å²) in [6, 6.07) is 0.728. The van der Waals surface area contributed by atoms with Crippen LogP contribution in [0.5, 0.6) is 0 Å². The van der Waals surface area contributed by atoms with Crippen molar-refractivity contribution in [2.75, 3.05) is 6.54 Å². The molecule has 3 heterocycles. The highest BCUT2D eigenvalue weighted by Crippen LogP contribution is 2.37. The van der Waals surface area contributed by atoms with E-state index in [0.29, 0.717) is 5.15 Å². The van der Waals surface area contributed by atoms with Crippen molar-refractivity contribution in [3.8, 4) is 0 Å². The second kappa shape index (κ2) is 4.60. The molecule has 1 saturated carbocycles. The largest absolute Gasteiger partial charge is 0.331 e. The van der Waals surface area contributed by atoms with Crippen molar-refractivity contribution in [2.24, 2.45) is 7.05 Å². The average molecular weight is 292 g/mol. The Morgan fingerprint density at radius 3 is 2.90 bits per heavy atom. The van der Waals surface area contributed by atoms with E-state index in [-0.39, 0.29) is 0 Å². The Morgan fingerprint density at radius 1 is 1.35 bits per heavy atom. The second-order valence-electron chi connectivity index (χ2n) is 5.79. The maximum absolute atomic E-state index is 6.04. The van der Waals surface area contributed by atoms with Gasteiger partial charge in [0.1, 0.15) is 11.0 Å². The van der Waals surface area contributed by atoms with Crippen LogP contribution >= 0.6 is 11.6 Å². The molecule has 4 rings (SSSR count). The summed E-state index contributed by atoms with van der Waals surface area (Å²) in [5.41, 5.74) is 2.69. The van der Waals surface area contributed by atoms with Crippen molar-refractivity contribution < 1.29 is 0 Å². The smallest absolute Gasteiger partial charge is 0.128 e. The summed E-state index contributed by atoms with van der Waals surface area (Å²) in [4.78, 5) is 11.4. The summed E-state index contributed by atoms with van der Waals surface area (Å²) in [5, 5.41) is 0.690. The molecule has 1 aliphatic carbocycles. The monoisotopic (exact) mass is 291 g/mol. The Balaban J connectivity index is 1.51. The number of nitrogens with zero attached hydrogens (tertiary/aromatic N) is 5. The van der Waals surface area contributed by atoms with Crippen molar-refractivity contribution in [2.45, 2.75) is 38.4 Å². The third-order valence-corrected chi connectivity index (χ3v) is 4.71. The standard InChI is InChI=1S/C14H18ClN5/c1-18-13(15)6-16-14(18)8-19-5-4-12-11(7-19)17-9-20(12)10-2-3-10/h6,9-10H,2-5,7-8H2,1H3. The lowest BCUT2D eigenvalue weighted by Gasteiger charge is -2.26. The van der Waals surface area contributed by atoms with Crippen molar-refractivity contribution in [1.29, 1.82) is 0 Å². The molecular weight excluding hydrogens is 274 g/mol. The van der Waals surface area contributed by atoms with E-state index in [1.165, 1.54) is 24.2 Å². The van der Waals surface area contributed by atoms with Crippen LogP contribution in [0.3, 0.4) is 0 Å². The maximum atomic E-state index is 6.04. The number of halogens is 1. The molecule has 0 aromatic carbocycles. The third-order valence-electron chi connectivity index (χ3n) is 4.35. The number of imidazole rings is 2. The first-order valence-corrected chi connectivity index (χ1v) is 7.53. The molecule has 0 N–H and O–H groups in total. The van der Waals surface area contributed by atoms with Gasteiger partial charge in [0.05, 0.1) is 24.8 Å². The number of rotatable bonds is 3. The fraction of sp³-hybridized carbons (Fsp3) is 0.571. The van der Waals surface area contributed by atoms with Gasteiger partial charge in [-0.1, -0.05) is 11.6 Å². The molecule has 5 nitrogen and oxygen atoms in total. The Bertz CT molecular complexity index is 640. The second-order valence-corrected chi connectivity index (χ2v) is 6.18. The third kappa shape index (κ3) is 2.05. The van der Waals surface area contributed by atoms with Crippen molar-refractivity contribution in [3.05, 3.63) is 34.9 Å². The maximum Gasteiger partial charge on any atom is 0.128 e. The van der Waals surface area contributed by atoms with E-state index in [1.807, 2.05) is 17.9 Å². The normalized spacial score (nSPS) is 19.3. The topological polar surface area (TPSA) is 38.9 Å². The van der Waals surface area contributed by atoms with Crippen LogP contribution in [0.4, 0.5) is 0 Å². The summed E-state index contributed by atoms with van der Waals surface area (Å²) >= 11 is 6.04. The molecular formula is C14H18ClN5. The molecule has 1 fully saturated rings. The van der Waals surface area contributed by atoms with Crippen molar-refractivity contribution >= 4 is 11.6 Å². The molecule has 2 aromatic heterocycles. The van der Waals surface area contributed by atoms with E-state index in [4.69, 9.17) is 11.6 Å². The number of hydrogen-bond acceptors (Lipinski definition) is 3. The van der Waals surface area contributed by atoms with E-state index < -0.39 is 0 Å². The lowest BCUT2D eigenvalue weighted by Crippen LogP contribution is -2.31. The van der Waals surface area contributed by atoms with Gasteiger partial charge < -0.3 is 9.13 Å². The summed E-state index contributed by atoms with van der Waals surface area (Å²) < 4.78 is 4.34. The van der Waals surface area contributed by atoms with Crippen LogP contribution in [0.1, 0.15) is 36.1 Å². The van der Waals surface area contributed by atoms with Crippen LogP contribution in [0.25, 0.3) is 0 Å². The van der Waals surface area contributed by atoms with Gasteiger partial charge in [-0.05, 0) is 12.8 Å². The Hall–Kier alpha value is -1.33. The zero-order chi connectivity index (χ0) is 13.7. The van der Waals surface area contributed by atoms with E-state index in [0.717, 1.165) is 37.9 Å². The van der Waals surface area contributed by atoms with Gasteiger partial charge in [0, 0.05) is 38.3 Å². The van der Waals surface area contributed by atoms with Gasteiger partial charge >= 0.3 is 0 Å². The predicted molar refractivity (Wildman–Crippen MR) is 76.5 cm³/mol. The molecule has 0 bridgehead atoms. The SMILES string of the molecule is Cn1c(Cl)cnc1CN1CCc2c(ncn2C2CC2)C1. The van der Waals surface area contributed by atoms with Crippen LogP contribution in [0, 0.1) is 0 Å². The first kappa shape index (κ1) is 12.4. The van der Waals surface area contributed by atoms with E-state index >= 15 is 0 Å². The minimum atomic E-state index is 0.690. The van der Waals surface area contributed by atoms with Gasteiger partial charge in [0.2, 0.25) is 0 Å². The molecule has 0 atom stereocenters. The van der Waals surface area contributed by atoms with Crippen LogP contribution < -0.4 is 0 Å². The fourth-order valence-electron chi connectivity index (χ4n) is 2.96. The molecule has 0 saturated heterocycles. The molecule has 0 radical (unpaired) electrons. The van der Waals surface area contributed by atoms with Crippen LogP contribution in [0.15, 0.2) is 12.5 Å². The molecule has 20 heavy (non-hydrogen) atoms.